The molecule has 1 fully saturated rings. The lowest BCUT2D eigenvalue weighted by atomic mass is 9.75. The van der Waals surface area contributed by atoms with Gasteiger partial charge >= 0.3 is 6.09 Å². The Morgan fingerprint density at radius 1 is 1.36 bits per heavy atom. The minimum Gasteiger partial charge on any atom is -0.494 e. The van der Waals surface area contributed by atoms with Crippen molar-refractivity contribution >= 4 is 17.7 Å². The normalized spacial score (nSPS) is 19.6. The summed E-state index contributed by atoms with van der Waals surface area (Å²) < 4.78 is 11.1. The molecule has 2 aliphatic rings. The molecule has 1 saturated heterocycles. The molecule has 0 aromatic heterocycles. The Balaban J connectivity index is 0.000000878. The zero-order valence-corrected chi connectivity index (χ0v) is 18.2. The number of benzene rings is 1. The summed E-state index contributed by atoms with van der Waals surface area (Å²) in [6, 6.07) is 6.13. The highest BCUT2D eigenvalue weighted by molar-refractivity contribution is 6.30. The molecular formula is C23H32ClNO3. The quantitative estimate of drug-likeness (QED) is 0.541. The van der Waals surface area contributed by atoms with E-state index in [1.54, 1.807) is 6.08 Å². The molecule has 1 unspecified atom stereocenters. The molecule has 1 aromatic carbocycles. The van der Waals surface area contributed by atoms with E-state index in [9.17, 15) is 4.79 Å². The minimum atomic E-state index is -0.194. The van der Waals surface area contributed by atoms with E-state index in [-0.39, 0.29) is 6.09 Å². The van der Waals surface area contributed by atoms with Gasteiger partial charge in [0.25, 0.3) is 0 Å². The van der Waals surface area contributed by atoms with Crippen molar-refractivity contribution in [2.75, 3.05) is 19.7 Å². The Labute approximate surface area is 174 Å². The minimum absolute atomic E-state index is 0.194. The largest absolute Gasteiger partial charge is 0.494 e. The van der Waals surface area contributed by atoms with Crippen molar-refractivity contribution in [2.45, 2.75) is 53.1 Å². The van der Waals surface area contributed by atoms with Gasteiger partial charge in [-0.1, -0.05) is 23.7 Å². The molecule has 3 rings (SSSR count). The second-order valence-electron chi connectivity index (χ2n) is 7.28. The molecule has 28 heavy (non-hydrogen) atoms. The fourth-order valence-corrected chi connectivity index (χ4v) is 4.19. The molecule has 2 aliphatic heterocycles. The molecule has 4 nitrogen and oxygen atoms in total. The SMILES string of the molecule is C=CC.CCOC(=O)N1CCC(C2C(C)=C(C)OCc3cc(Cl)ccc32)CC1. The summed E-state index contributed by atoms with van der Waals surface area (Å²) in [5, 5.41) is 0.746. The standard InChI is InChI=1S/C20H26ClNO3.C3H6/c1-4-24-20(23)22-9-7-15(8-10-22)19-13(2)14(3)25-12-16-11-17(21)5-6-18(16)19;1-3-2/h5-6,11,15,19H,4,7-10,12H2,1-3H3;3H,1H2,2H3. The van der Waals surface area contributed by atoms with Gasteiger partial charge < -0.3 is 14.4 Å². The molecule has 0 spiro atoms. The topological polar surface area (TPSA) is 38.8 Å². The molecule has 1 aromatic rings. The summed E-state index contributed by atoms with van der Waals surface area (Å²) in [5.41, 5.74) is 3.77. The van der Waals surface area contributed by atoms with Gasteiger partial charge in [0.1, 0.15) is 6.61 Å². The maximum atomic E-state index is 11.9. The Hall–Kier alpha value is -1.94. The van der Waals surface area contributed by atoms with Crippen LogP contribution in [0.1, 0.15) is 57.6 Å². The maximum Gasteiger partial charge on any atom is 0.409 e. The third-order valence-corrected chi connectivity index (χ3v) is 5.68. The van der Waals surface area contributed by atoms with Crippen LogP contribution in [0.5, 0.6) is 0 Å². The van der Waals surface area contributed by atoms with Gasteiger partial charge in [-0.05, 0) is 75.3 Å². The summed E-state index contributed by atoms with van der Waals surface area (Å²) in [5.74, 6) is 1.81. The van der Waals surface area contributed by atoms with Crippen molar-refractivity contribution in [3.8, 4) is 0 Å². The average Bonchev–Trinajstić information content (AvgIpc) is 2.80. The number of amides is 1. The first-order chi connectivity index (χ1) is 13.4. The molecule has 0 aliphatic carbocycles. The van der Waals surface area contributed by atoms with Gasteiger partial charge in [0.15, 0.2) is 0 Å². The van der Waals surface area contributed by atoms with Gasteiger partial charge in [0.05, 0.1) is 12.4 Å². The lowest BCUT2D eigenvalue weighted by Crippen LogP contribution is -2.40. The van der Waals surface area contributed by atoms with Crippen molar-refractivity contribution in [1.29, 1.82) is 0 Å². The van der Waals surface area contributed by atoms with E-state index in [2.05, 4.69) is 19.6 Å². The van der Waals surface area contributed by atoms with Crippen LogP contribution in [0.15, 0.2) is 42.2 Å². The molecule has 0 saturated carbocycles. The number of hydrogen-bond donors (Lipinski definition) is 0. The first-order valence-corrected chi connectivity index (χ1v) is 10.4. The maximum absolute atomic E-state index is 11.9. The molecule has 1 amide bonds. The van der Waals surface area contributed by atoms with E-state index in [1.165, 1.54) is 16.7 Å². The van der Waals surface area contributed by atoms with Gasteiger partial charge in [0.2, 0.25) is 0 Å². The Morgan fingerprint density at radius 3 is 2.61 bits per heavy atom. The third-order valence-electron chi connectivity index (χ3n) is 5.44. The first kappa shape index (κ1) is 22.4. The molecule has 0 bridgehead atoms. The molecule has 154 valence electrons. The van der Waals surface area contributed by atoms with E-state index in [0.717, 1.165) is 36.7 Å². The van der Waals surface area contributed by atoms with Crippen molar-refractivity contribution < 1.29 is 14.3 Å². The van der Waals surface area contributed by atoms with Crippen LogP contribution in [-0.2, 0) is 16.1 Å². The number of carbonyl (C=O) groups excluding carboxylic acids is 1. The average molecular weight is 406 g/mol. The predicted molar refractivity (Wildman–Crippen MR) is 115 cm³/mol. The lowest BCUT2D eigenvalue weighted by Gasteiger charge is -2.36. The molecule has 2 heterocycles. The van der Waals surface area contributed by atoms with Crippen LogP contribution in [0, 0.1) is 5.92 Å². The van der Waals surface area contributed by atoms with Crippen LogP contribution in [0.3, 0.4) is 0 Å². The van der Waals surface area contributed by atoms with Crippen LogP contribution in [-0.4, -0.2) is 30.7 Å². The van der Waals surface area contributed by atoms with E-state index in [0.29, 0.717) is 25.0 Å². The number of allylic oxidation sites excluding steroid dienone is 3. The third kappa shape index (κ3) is 5.32. The highest BCUT2D eigenvalue weighted by Gasteiger charge is 2.34. The highest BCUT2D eigenvalue weighted by atomic mass is 35.5. The van der Waals surface area contributed by atoms with Crippen molar-refractivity contribution in [2.24, 2.45) is 5.92 Å². The first-order valence-electron chi connectivity index (χ1n) is 10.00. The second-order valence-corrected chi connectivity index (χ2v) is 7.72. The summed E-state index contributed by atoms with van der Waals surface area (Å²) in [7, 11) is 0. The molecule has 5 heteroatoms. The Kier molecular flexibility index (Phi) is 8.43. The van der Waals surface area contributed by atoms with Gasteiger partial charge in [-0.25, -0.2) is 4.79 Å². The van der Waals surface area contributed by atoms with Gasteiger partial charge in [0, 0.05) is 24.0 Å². The zero-order valence-electron chi connectivity index (χ0n) is 17.5. The number of hydrogen-bond acceptors (Lipinski definition) is 3. The number of carbonyl (C=O) groups is 1. The Bertz CT molecular complexity index is 721. The number of halogens is 1. The summed E-state index contributed by atoms with van der Waals surface area (Å²) in [4.78, 5) is 13.8. The summed E-state index contributed by atoms with van der Waals surface area (Å²) >= 11 is 6.19. The number of rotatable bonds is 2. The van der Waals surface area contributed by atoms with E-state index >= 15 is 0 Å². The number of piperidine rings is 1. The van der Waals surface area contributed by atoms with Crippen molar-refractivity contribution in [1.82, 2.24) is 4.90 Å². The Morgan fingerprint density at radius 2 is 2.00 bits per heavy atom. The van der Waals surface area contributed by atoms with Gasteiger partial charge in [-0.2, -0.15) is 0 Å². The van der Waals surface area contributed by atoms with Crippen LogP contribution >= 0.6 is 11.6 Å². The van der Waals surface area contributed by atoms with E-state index in [4.69, 9.17) is 21.1 Å². The number of likely N-dealkylation sites (tertiary alicyclic amines) is 1. The second kappa shape index (κ2) is 10.6. The number of fused-ring (bicyclic) bond motifs is 1. The predicted octanol–water partition coefficient (Wildman–Crippen LogP) is 6.31. The zero-order chi connectivity index (χ0) is 20.7. The summed E-state index contributed by atoms with van der Waals surface area (Å²) in [6.45, 7) is 13.8. The van der Waals surface area contributed by atoms with Crippen LogP contribution in [0.2, 0.25) is 5.02 Å². The smallest absolute Gasteiger partial charge is 0.409 e. The van der Waals surface area contributed by atoms with E-state index < -0.39 is 0 Å². The van der Waals surface area contributed by atoms with Gasteiger partial charge in [-0.3, -0.25) is 0 Å². The van der Waals surface area contributed by atoms with E-state index in [1.807, 2.05) is 37.8 Å². The number of nitrogens with zero attached hydrogens (tertiary/aromatic N) is 1. The fraction of sp³-hybridized carbons (Fsp3) is 0.522. The molecule has 0 N–H and O–H groups in total. The van der Waals surface area contributed by atoms with Crippen molar-refractivity contribution in [3.63, 3.8) is 0 Å². The van der Waals surface area contributed by atoms with Crippen molar-refractivity contribution in [3.05, 3.63) is 58.3 Å². The van der Waals surface area contributed by atoms with Crippen LogP contribution < -0.4 is 0 Å². The fourth-order valence-electron chi connectivity index (χ4n) is 3.99. The highest BCUT2D eigenvalue weighted by Crippen LogP contribution is 2.43. The molecule has 1 atom stereocenters. The van der Waals surface area contributed by atoms with Crippen LogP contribution in [0.4, 0.5) is 4.79 Å². The lowest BCUT2D eigenvalue weighted by molar-refractivity contribution is 0.0899. The summed E-state index contributed by atoms with van der Waals surface area (Å²) in [6.07, 6.45) is 3.49. The number of ether oxygens (including phenoxy) is 2. The molecule has 0 radical (unpaired) electrons. The van der Waals surface area contributed by atoms with Crippen LogP contribution in [0.25, 0.3) is 0 Å². The van der Waals surface area contributed by atoms with Gasteiger partial charge in [-0.15, -0.1) is 6.58 Å². The monoisotopic (exact) mass is 405 g/mol. The molecular weight excluding hydrogens is 374 g/mol.